The molecule has 0 aliphatic heterocycles. The van der Waals surface area contributed by atoms with Crippen molar-refractivity contribution in [2.45, 2.75) is 9.04 Å². The van der Waals surface area contributed by atoms with Gasteiger partial charge in [0.05, 0.1) is 11.1 Å². The van der Waals surface area contributed by atoms with Gasteiger partial charge in [0, 0.05) is 0 Å². The molecule has 1 aromatic rings. The van der Waals surface area contributed by atoms with Crippen LogP contribution in [-0.4, -0.2) is 41.4 Å². The third-order valence-corrected chi connectivity index (χ3v) is 3.22. The Morgan fingerprint density at radius 1 is 0.750 bits per heavy atom. The lowest BCUT2D eigenvalue weighted by Crippen LogP contribution is -2.35. The molecule has 0 fully saturated rings. The average Bonchev–Trinajstić information content (AvgIpc) is 2.27. The molecule has 0 saturated carbocycles. The number of carboxylic acid groups (broad SMARTS) is 2. The maximum absolute atomic E-state index is 10.3. The van der Waals surface area contributed by atoms with Crippen molar-refractivity contribution in [2.75, 3.05) is 0 Å². The monoisotopic (exact) mass is 364 g/mol. The minimum Gasteiger partial charge on any atom is -0.478 e. The molecular weight excluding hydrogens is 358 g/mol. The van der Waals surface area contributed by atoms with E-state index >= 15 is 0 Å². The molecule has 6 nitrogen and oxygen atoms in total. The molecule has 0 amide bonds. The van der Waals surface area contributed by atoms with Crippen molar-refractivity contribution in [1.82, 2.24) is 0 Å². The number of hydrogen-bond acceptors (Lipinski definition) is 4. The van der Waals surface area contributed by atoms with Crippen LogP contribution in [0.25, 0.3) is 0 Å². The van der Waals surface area contributed by atoms with Gasteiger partial charge in [0.2, 0.25) is 0 Å². The highest BCUT2D eigenvalue weighted by atomic mass is 35.5. The van der Waals surface area contributed by atoms with Gasteiger partial charge in [0.1, 0.15) is 0 Å². The Balaban J connectivity index is 0.000000396. The van der Waals surface area contributed by atoms with Gasteiger partial charge in [0.25, 0.3) is 9.04 Å². The second-order valence-electron chi connectivity index (χ2n) is 3.27. The molecule has 0 bridgehead atoms. The van der Waals surface area contributed by atoms with Crippen LogP contribution < -0.4 is 0 Å². The Labute approximate surface area is 133 Å². The van der Waals surface area contributed by atoms with E-state index in [1.807, 2.05) is 0 Å². The normalized spacial score (nSPS) is 11.3. The van der Waals surface area contributed by atoms with Crippen molar-refractivity contribution in [1.29, 1.82) is 0 Å². The Bertz CT molecular complexity index is 429. The molecule has 0 radical (unpaired) electrons. The predicted octanol–water partition coefficient (Wildman–Crippen LogP) is 2.32. The van der Waals surface area contributed by atoms with Crippen molar-refractivity contribution < 1.29 is 30.0 Å². The van der Waals surface area contributed by atoms with Crippen LogP contribution in [0.2, 0.25) is 0 Å². The minimum absolute atomic E-state index is 0.0833. The van der Waals surface area contributed by atoms with E-state index in [-0.39, 0.29) is 11.1 Å². The lowest BCUT2D eigenvalue weighted by molar-refractivity contribution is 0.0665. The van der Waals surface area contributed by atoms with Gasteiger partial charge >= 0.3 is 11.9 Å². The van der Waals surface area contributed by atoms with Crippen LogP contribution in [0, 0.1) is 0 Å². The van der Waals surface area contributed by atoms with Crippen LogP contribution in [0.1, 0.15) is 20.7 Å². The quantitative estimate of drug-likeness (QED) is 0.611. The fraction of sp³-hybridized carbons (Fsp3) is 0.200. The molecule has 0 spiro atoms. The summed E-state index contributed by atoms with van der Waals surface area (Å²) in [6.07, 6.45) is 0. The number of aromatic carboxylic acids is 2. The van der Waals surface area contributed by atoms with E-state index in [9.17, 15) is 9.59 Å². The number of carbonyl (C=O) groups is 2. The van der Waals surface area contributed by atoms with Gasteiger partial charge in [-0.05, 0) is 24.3 Å². The van der Waals surface area contributed by atoms with E-state index < -0.39 is 21.0 Å². The third kappa shape index (κ3) is 6.60. The van der Waals surface area contributed by atoms with Crippen molar-refractivity contribution in [2.24, 2.45) is 0 Å². The number of aliphatic hydroxyl groups is 2. The first-order chi connectivity index (χ1) is 8.86. The summed E-state index contributed by atoms with van der Waals surface area (Å²) in [5, 5.41) is 33.7. The van der Waals surface area contributed by atoms with E-state index in [2.05, 4.69) is 0 Å². The molecule has 0 heterocycles. The molecular formula is C10H8Cl4O6. The van der Waals surface area contributed by atoms with E-state index in [0.29, 0.717) is 0 Å². The fourth-order valence-corrected chi connectivity index (χ4v) is 0.755. The first-order valence-electron chi connectivity index (χ1n) is 4.63. The molecule has 10 heteroatoms. The van der Waals surface area contributed by atoms with Gasteiger partial charge in [-0.25, -0.2) is 9.59 Å². The van der Waals surface area contributed by atoms with Gasteiger partial charge < -0.3 is 20.4 Å². The summed E-state index contributed by atoms with van der Waals surface area (Å²) < 4.78 is -5.06. The second-order valence-corrected chi connectivity index (χ2v) is 5.85. The van der Waals surface area contributed by atoms with Crippen LogP contribution in [0.3, 0.4) is 0 Å². The van der Waals surface area contributed by atoms with Crippen LogP contribution in [0.15, 0.2) is 24.3 Å². The Morgan fingerprint density at radius 2 is 0.950 bits per heavy atom. The van der Waals surface area contributed by atoms with Crippen LogP contribution in [-0.2, 0) is 0 Å². The van der Waals surface area contributed by atoms with Gasteiger partial charge in [-0.1, -0.05) is 46.4 Å². The van der Waals surface area contributed by atoms with Crippen LogP contribution >= 0.6 is 46.4 Å². The topological polar surface area (TPSA) is 115 Å². The standard InChI is InChI=1S/C8H6O4.C2H2Cl4O2/c9-7(10)5-1-2-6(4-3-5)8(11)12;3-1(4,7)2(5,6)8/h1-4H,(H,9,10)(H,11,12);7-8H. The highest BCUT2D eigenvalue weighted by molar-refractivity contribution is 6.60. The summed E-state index contributed by atoms with van der Waals surface area (Å²) in [4.78, 5) is 20.7. The molecule has 0 aliphatic carbocycles. The largest absolute Gasteiger partial charge is 0.478 e. The van der Waals surface area contributed by atoms with Crippen molar-refractivity contribution >= 4 is 58.3 Å². The van der Waals surface area contributed by atoms with E-state index in [1.54, 1.807) is 0 Å². The van der Waals surface area contributed by atoms with Crippen molar-refractivity contribution in [3.63, 3.8) is 0 Å². The molecule has 112 valence electrons. The molecule has 0 atom stereocenters. The fourth-order valence-electron chi connectivity index (χ4n) is 0.755. The van der Waals surface area contributed by atoms with E-state index in [0.717, 1.165) is 0 Å². The predicted molar refractivity (Wildman–Crippen MR) is 73.7 cm³/mol. The molecule has 20 heavy (non-hydrogen) atoms. The minimum atomic E-state index is -2.53. The maximum atomic E-state index is 10.3. The van der Waals surface area contributed by atoms with E-state index in [1.165, 1.54) is 24.3 Å². The van der Waals surface area contributed by atoms with Gasteiger partial charge in [-0.15, -0.1) is 0 Å². The molecule has 0 aliphatic rings. The van der Waals surface area contributed by atoms with Gasteiger partial charge in [-0.2, -0.15) is 0 Å². The molecule has 0 unspecified atom stereocenters. The maximum Gasteiger partial charge on any atom is 0.335 e. The summed E-state index contributed by atoms with van der Waals surface area (Å²) in [5.74, 6) is -2.13. The summed E-state index contributed by atoms with van der Waals surface area (Å²) >= 11 is 19.3. The smallest absolute Gasteiger partial charge is 0.335 e. The average molecular weight is 366 g/mol. The van der Waals surface area contributed by atoms with Gasteiger partial charge in [-0.3, -0.25) is 0 Å². The summed E-state index contributed by atoms with van der Waals surface area (Å²) in [7, 11) is 0. The molecule has 0 aromatic heterocycles. The summed E-state index contributed by atoms with van der Waals surface area (Å²) in [6.45, 7) is 0. The lowest BCUT2D eigenvalue weighted by atomic mass is 10.1. The van der Waals surface area contributed by atoms with Crippen LogP contribution in [0.4, 0.5) is 0 Å². The molecule has 1 rings (SSSR count). The number of rotatable bonds is 3. The Kier molecular flexibility index (Phi) is 7.03. The van der Waals surface area contributed by atoms with Gasteiger partial charge in [0.15, 0.2) is 0 Å². The van der Waals surface area contributed by atoms with Crippen molar-refractivity contribution in [3.05, 3.63) is 35.4 Å². The number of halogens is 4. The molecule has 1 aromatic carbocycles. The number of carboxylic acids is 2. The SMILES string of the molecule is O=C(O)c1ccc(C(=O)O)cc1.OC(Cl)(Cl)C(O)(Cl)Cl. The number of hydrogen-bond donors (Lipinski definition) is 4. The zero-order chi connectivity index (χ0) is 16.1. The van der Waals surface area contributed by atoms with Crippen LogP contribution in [0.5, 0.6) is 0 Å². The zero-order valence-electron chi connectivity index (χ0n) is 9.43. The molecule has 0 saturated heterocycles. The Morgan fingerprint density at radius 3 is 1.05 bits per heavy atom. The third-order valence-electron chi connectivity index (χ3n) is 1.74. The Hall–Kier alpha value is -0.760. The van der Waals surface area contributed by atoms with E-state index in [4.69, 9.17) is 66.8 Å². The second kappa shape index (κ2) is 7.31. The highest BCUT2D eigenvalue weighted by Gasteiger charge is 2.44. The summed E-state index contributed by atoms with van der Waals surface area (Å²) in [6, 6.07) is 5.02. The first kappa shape index (κ1) is 19.2. The van der Waals surface area contributed by atoms with Crippen molar-refractivity contribution in [3.8, 4) is 0 Å². The molecule has 4 N–H and O–H groups in total. The highest BCUT2D eigenvalue weighted by Crippen LogP contribution is 2.37. The summed E-state index contributed by atoms with van der Waals surface area (Å²) in [5.41, 5.74) is 0.167. The number of benzene rings is 1. The lowest BCUT2D eigenvalue weighted by Gasteiger charge is -2.20. The zero-order valence-corrected chi connectivity index (χ0v) is 12.5. The number of alkyl halides is 4. The first-order valence-corrected chi connectivity index (χ1v) is 6.14.